The van der Waals surface area contributed by atoms with Gasteiger partial charge in [-0.3, -0.25) is 14.3 Å². The molecule has 1 aliphatic rings. The fourth-order valence-electron chi connectivity index (χ4n) is 3.54. The predicted molar refractivity (Wildman–Crippen MR) is 104 cm³/mol. The second-order valence-corrected chi connectivity index (χ2v) is 6.94. The first-order chi connectivity index (χ1) is 13.0. The lowest BCUT2D eigenvalue weighted by atomic mass is 10.2. The molecule has 0 bridgehead atoms. The van der Waals surface area contributed by atoms with Crippen LogP contribution >= 0.6 is 11.6 Å². The summed E-state index contributed by atoms with van der Waals surface area (Å²) in [5.74, 6) is 0.504. The number of hydrogen-bond acceptors (Lipinski definition) is 6. The number of aromatic nitrogens is 2. The van der Waals surface area contributed by atoms with Crippen molar-refractivity contribution >= 4 is 23.1 Å². The lowest BCUT2D eigenvalue weighted by Crippen LogP contribution is -2.45. The summed E-state index contributed by atoms with van der Waals surface area (Å²) in [7, 11) is 1.60. The molecule has 0 aliphatic carbocycles. The number of H-pyrrole nitrogens is 1. The molecule has 0 amide bonds. The molecule has 3 N–H and O–H groups in total. The van der Waals surface area contributed by atoms with Crippen LogP contribution in [0.4, 0.5) is 11.5 Å². The Morgan fingerprint density at radius 2 is 1.81 bits per heavy atom. The van der Waals surface area contributed by atoms with E-state index in [0.29, 0.717) is 42.5 Å². The van der Waals surface area contributed by atoms with E-state index in [-0.39, 0.29) is 19.4 Å². The third-order valence-corrected chi connectivity index (χ3v) is 5.01. The summed E-state index contributed by atoms with van der Waals surface area (Å²) in [6, 6.07) is 7.32. The summed E-state index contributed by atoms with van der Waals surface area (Å²) in [6.07, 6.45) is 0.569. The highest BCUT2D eigenvalue weighted by Gasteiger charge is 2.39. The Morgan fingerprint density at radius 3 is 2.44 bits per heavy atom. The molecule has 0 spiro atoms. The van der Waals surface area contributed by atoms with Gasteiger partial charge in [0.15, 0.2) is 0 Å². The molecule has 2 heterocycles. The van der Waals surface area contributed by atoms with Gasteiger partial charge in [0.05, 0.1) is 0 Å². The maximum Gasteiger partial charge on any atom is 0.329 e. The van der Waals surface area contributed by atoms with Crippen LogP contribution < -0.4 is 21.0 Å². The molecule has 27 heavy (non-hydrogen) atoms. The predicted octanol–water partition coefficient (Wildman–Crippen LogP) is 0.644. The molecular formula is C18H23ClN4O4. The van der Waals surface area contributed by atoms with Crippen molar-refractivity contribution in [3.63, 3.8) is 0 Å². The summed E-state index contributed by atoms with van der Waals surface area (Å²) in [4.78, 5) is 30.9. The molecule has 1 atom stereocenters. The topological polar surface area (TPSA) is 102 Å². The molecule has 8 nitrogen and oxygen atoms in total. The van der Waals surface area contributed by atoms with Crippen molar-refractivity contribution in [2.75, 3.05) is 29.6 Å². The van der Waals surface area contributed by atoms with Crippen molar-refractivity contribution in [1.82, 2.24) is 9.55 Å². The summed E-state index contributed by atoms with van der Waals surface area (Å²) < 4.78 is 1.40. The molecule has 9 heteroatoms. The second kappa shape index (κ2) is 8.16. The number of benzene rings is 1. The normalized spacial score (nSPS) is 16.1. The molecule has 0 saturated carbocycles. The van der Waals surface area contributed by atoms with Crippen molar-refractivity contribution < 1.29 is 10.2 Å². The molecule has 3 rings (SSSR count). The highest BCUT2D eigenvalue weighted by Crippen LogP contribution is 2.37. The van der Waals surface area contributed by atoms with Crippen molar-refractivity contribution in [3.8, 4) is 0 Å². The first-order valence-corrected chi connectivity index (χ1v) is 9.18. The average molecular weight is 395 g/mol. The summed E-state index contributed by atoms with van der Waals surface area (Å²) in [5.41, 5.74) is 0.384. The Balaban J connectivity index is 2.10. The fraction of sp³-hybridized carbons (Fsp3) is 0.444. The van der Waals surface area contributed by atoms with Crippen LogP contribution in [0.2, 0.25) is 5.02 Å². The number of aromatic amines is 1. The Bertz CT molecular complexity index is 909. The quantitative estimate of drug-likeness (QED) is 0.637. The Morgan fingerprint density at radius 1 is 1.11 bits per heavy atom. The Labute approximate surface area is 161 Å². The van der Waals surface area contributed by atoms with E-state index < -0.39 is 11.2 Å². The van der Waals surface area contributed by atoms with Crippen LogP contribution in [0.15, 0.2) is 33.9 Å². The molecule has 146 valence electrons. The second-order valence-electron chi connectivity index (χ2n) is 6.51. The number of fused-ring (bicyclic) bond motifs is 1. The molecule has 1 unspecified atom stereocenters. The van der Waals surface area contributed by atoms with E-state index in [1.54, 1.807) is 19.2 Å². The highest BCUT2D eigenvalue weighted by atomic mass is 35.5. The molecule has 2 aromatic rings. The number of nitrogens with one attached hydrogen (secondary N) is 1. The largest absolute Gasteiger partial charge is 0.396 e. The highest BCUT2D eigenvalue weighted by molar-refractivity contribution is 6.30. The number of nitrogens with zero attached hydrogens (tertiary/aromatic N) is 3. The minimum atomic E-state index is -0.496. The van der Waals surface area contributed by atoms with Crippen LogP contribution in [0.3, 0.4) is 0 Å². The van der Waals surface area contributed by atoms with E-state index in [0.717, 1.165) is 5.56 Å². The monoisotopic (exact) mass is 394 g/mol. The zero-order chi connectivity index (χ0) is 19.6. The molecular weight excluding hydrogens is 372 g/mol. The van der Waals surface area contributed by atoms with Gasteiger partial charge >= 0.3 is 5.69 Å². The number of hydrogen-bond donors (Lipinski definition) is 3. The van der Waals surface area contributed by atoms with Gasteiger partial charge in [-0.1, -0.05) is 23.7 Å². The van der Waals surface area contributed by atoms with Crippen molar-refractivity contribution in [1.29, 1.82) is 0 Å². The van der Waals surface area contributed by atoms with Crippen LogP contribution in [0.1, 0.15) is 18.4 Å². The average Bonchev–Trinajstić information content (AvgIpc) is 2.94. The van der Waals surface area contributed by atoms with Gasteiger partial charge in [0, 0.05) is 44.8 Å². The van der Waals surface area contributed by atoms with Crippen LogP contribution in [-0.2, 0) is 13.6 Å². The zero-order valence-corrected chi connectivity index (χ0v) is 15.8. The summed E-state index contributed by atoms with van der Waals surface area (Å²) >= 11 is 5.96. The Hall–Kier alpha value is -2.29. The molecule has 1 aliphatic heterocycles. The van der Waals surface area contributed by atoms with Gasteiger partial charge in [-0.2, -0.15) is 0 Å². The van der Waals surface area contributed by atoms with Crippen molar-refractivity contribution in [2.24, 2.45) is 7.05 Å². The van der Waals surface area contributed by atoms with Crippen LogP contribution in [0.25, 0.3) is 0 Å². The first kappa shape index (κ1) is 19.5. The number of anilines is 2. The van der Waals surface area contributed by atoms with Crippen LogP contribution in [0.5, 0.6) is 0 Å². The number of aliphatic hydroxyl groups is 2. The first-order valence-electron chi connectivity index (χ1n) is 8.80. The third kappa shape index (κ3) is 3.73. The van der Waals surface area contributed by atoms with E-state index in [1.807, 2.05) is 21.9 Å². The molecule has 0 saturated heterocycles. The summed E-state index contributed by atoms with van der Waals surface area (Å²) in [6.45, 7) is 0.803. The minimum absolute atomic E-state index is 0.00794. The van der Waals surface area contributed by atoms with Gasteiger partial charge in [-0.05, 0) is 24.1 Å². The van der Waals surface area contributed by atoms with Crippen molar-refractivity contribution in [3.05, 3.63) is 55.7 Å². The van der Waals surface area contributed by atoms with Gasteiger partial charge in [0.2, 0.25) is 0 Å². The van der Waals surface area contributed by atoms with Gasteiger partial charge in [0.25, 0.3) is 5.56 Å². The van der Waals surface area contributed by atoms with Gasteiger partial charge in [0.1, 0.15) is 17.7 Å². The van der Waals surface area contributed by atoms with E-state index >= 15 is 0 Å². The van der Waals surface area contributed by atoms with Crippen LogP contribution in [-0.4, -0.2) is 45.7 Å². The molecule has 0 fully saturated rings. The lowest BCUT2D eigenvalue weighted by molar-refractivity contribution is 0.266. The minimum Gasteiger partial charge on any atom is -0.396 e. The van der Waals surface area contributed by atoms with E-state index in [9.17, 15) is 19.8 Å². The standard InChI is InChI=1S/C18H23ClN4O4/c1-21-17-15(16(26)20-18(21)27)23(11-12-3-5-13(19)6-4-12)14(7-10-25)22(17)8-2-9-24/h3-6,14,24-25H,2,7-11H2,1H3,(H,20,26,27). The molecule has 1 aromatic carbocycles. The fourth-order valence-corrected chi connectivity index (χ4v) is 3.66. The maximum absolute atomic E-state index is 12.6. The third-order valence-electron chi connectivity index (χ3n) is 4.76. The smallest absolute Gasteiger partial charge is 0.329 e. The number of rotatable bonds is 7. The number of aliphatic hydroxyl groups excluding tert-OH is 2. The Kier molecular flexibility index (Phi) is 5.88. The van der Waals surface area contributed by atoms with Gasteiger partial charge in [-0.15, -0.1) is 0 Å². The molecule has 0 radical (unpaired) electrons. The van der Waals surface area contributed by atoms with Crippen LogP contribution in [0, 0.1) is 0 Å². The van der Waals surface area contributed by atoms with E-state index in [4.69, 9.17) is 11.6 Å². The zero-order valence-electron chi connectivity index (χ0n) is 15.1. The van der Waals surface area contributed by atoms with Crippen molar-refractivity contribution in [2.45, 2.75) is 25.6 Å². The molecule has 1 aromatic heterocycles. The lowest BCUT2D eigenvalue weighted by Gasteiger charge is -2.32. The SMILES string of the molecule is Cn1c2c(c(=O)[nH]c1=O)N(Cc1ccc(Cl)cc1)C(CCO)N2CCCO. The van der Waals surface area contributed by atoms with E-state index in [1.165, 1.54) is 4.57 Å². The number of halogens is 1. The maximum atomic E-state index is 12.6. The van der Waals surface area contributed by atoms with E-state index in [2.05, 4.69) is 4.98 Å². The van der Waals surface area contributed by atoms with Gasteiger partial charge in [-0.25, -0.2) is 4.79 Å². The summed E-state index contributed by atoms with van der Waals surface area (Å²) in [5, 5.41) is 19.5. The van der Waals surface area contributed by atoms with Gasteiger partial charge < -0.3 is 20.0 Å².